The molecule has 0 spiro atoms. The van der Waals surface area contributed by atoms with Crippen LogP contribution in [0.4, 0.5) is 18.9 Å². The Morgan fingerprint density at radius 2 is 2.03 bits per heavy atom. The zero-order valence-corrected chi connectivity index (χ0v) is 16.6. The van der Waals surface area contributed by atoms with E-state index < -0.39 is 24.5 Å². The molecule has 0 saturated heterocycles. The molecular formula is C20H17F3N2O6. The number of carboxylic acids is 1. The largest absolute Gasteiger partial charge is 0.476 e. The fourth-order valence-electron chi connectivity index (χ4n) is 3.40. The van der Waals surface area contributed by atoms with E-state index in [-0.39, 0.29) is 28.5 Å². The van der Waals surface area contributed by atoms with Gasteiger partial charge in [0.25, 0.3) is 0 Å². The maximum absolute atomic E-state index is 13.5. The minimum absolute atomic E-state index is 0.161. The molecule has 3 heterocycles. The van der Waals surface area contributed by atoms with Gasteiger partial charge in [0.05, 0.1) is 17.3 Å². The number of alkyl halides is 3. The van der Waals surface area contributed by atoms with E-state index in [1.807, 2.05) is 0 Å². The number of carbonyl (C=O) groups is 1. The molecule has 2 bridgehead atoms. The summed E-state index contributed by atoms with van der Waals surface area (Å²) in [5, 5.41) is 14.5. The number of carboxylic acid groups (broad SMARTS) is 1. The number of oxime groups is 1. The van der Waals surface area contributed by atoms with Crippen molar-refractivity contribution in [2.75, 3.05) is 12.2 Å². The number of rotatable bonds is 5. The van der Waals surface area contributed by atoms with Gasteiger partial charge in [0.2, 0.25) is 0 Å². The third-order valence-electron chi connectivity index (χ3n) is 4.89. The average molecular weight is 438 g/mol. The van der Waals surface area contributed by atoms with E-state index in [1.54, 1.807) is 26.0 Å². The molecule has 0 aliphatic carbocycles. The van der Waals surface area contributed by atoms with Crippen LogP contribution in [0.2, 0.25) is 0 Å². The van der Waals surface area contributed by atoms with Gasteiger partial charge in [-0.25, -0.2) is 9.86 Å². The summed E-state index contributed by atoms with van der Waals surface area (Å²) in [6.45, 7) is 3.52. The van der Waals surface area contributed by atoms with Gasteiger partial charge >= 0.3 is 18.4 Å². The number of hydrogen-bond donors (Lipinski definition) is 1. The maximum Gasteiger partial charge on any atom is 0.468 e. The third-order valence-corrected chi connectivity index (χ3v) is 4.89. The number of hydrogen-bond acceptors (Lipinski definition) is 7. The van der Waals surface area contributed by atoms with Crippen molar-refractivity contribution in [3.8, 4) is 17.2 Å². The number of benzene rings is 2. The highest BCUT2D eigenvalue weighted by molar-refractivity contribution is 6.43. The number of aryl methyl sites for hydroxylation is 1. The molecule has 2 aromatic rings. The smallest absolute Gasteiger partial charge is 0.468 e. The average Bonchev–Trinajstić information content (AvgIpc) is 2.71. The molecule has 0 fully saturated rings. The zero-order valence-electron chi connectivity index (χ0n) is 16.6. The van der Waals surface area contributed by atoms with E-state index in [0.29, 0.717) is 16.8 Å². The molecule has 11 heteroatoms. The van der Waals surface area contributed by atoms with Gasteiger partial charge in [-0.15, -0.1) is 0 Å². The van der Waals surface area contributed by atoms with Crippen LogP contribution >= 0.6 is 0 Å². The number of fused-ring (bicyclic) bond motifs is 4. The summed E-state index contributed by atoms with van der Waals surface area (Å²) in [6.07, 6.45) is -7.00. The second kappa shape index (κ2) is 7.25. The number of aliphatic carboxylic acids is 1. The molecular weight excluding hydrogens is 421 g/mol. The van der Waals surface area contributed by atoms with E-state index in [9.17, 15) is 23.1 Å². The molecule has 0 amide bonds. The second-order valence-electron chi connectivity index (χ2n) is 6.96. The van der Waals surface area contributed by atoms with Crippen molar-refractivity contribution in [2.45, 2.75) is 32.4 Å². The predicted octanol–water partition coefficient (Wildman–Crippen LogP) is 3.96. The molecule has 8 nitrogen and oxygen atoms in total. The summed E-state index contributed by atoms with van der Waals surface area (Å²) in [4.78, 5) is 22.1. The van der Waals surface area contributed by atoms with Gasteiger partial charge in [-0.2, -0.15) is 13.2 Å². The highest BCUT2D eigenvalue weighted by atomic mass is 19.3. The molecule has 0 aromatic heterocycles. The molecule has 2 unspecified atom stereocenters. The topological polar surface area (TPSA) is 89.8 Å². The summed E-state index contributed by atoms with van der Waals surface area (Å²) >= 11 is 0. The Hall–Kier alpha value is -3.63. The van der Waals surface area contributed by atoms with Crippen LogP contribution in [-0.2, 0) is 9.63 Å². The van der Waals surface area contributed by atoms with Crippen molar-refractivity contribution in [2.24, 2.45) is 5.16 Å². The van der Waals surface area contributed by atoms with Crippen LogP contribution < -0.4 is 19.4 Å². The molecule has 0 saturated carbocycles. The van der Waals surface area contributed by atoms with Gasteiger partial charge in [0.1, 0.15) is 7.11 Å². The summed E-state index contributed by atoms with van der Waals surface area (Å²) in [6, 6.07) is 7.07. The third kappa shape index (κ3) is 3.45. The summed E-state index contributed by atoms with van der Waals surface area (Å²) in [5.41, 5.74) is 1.71. The van der Waals surface area contributed by atoms with Crippen LogP contribution in [0.25, 0.3) is 0 Å². The molecule has 5 rings (SSSR count). The van der Waals surface area contributed by atoms with Crippen molar-refractivity contribution in [1.82, 2.24) is 0 Å². The van der Waals surface area contributed by atoms with Crippen LogP contribution in [0.15, 0.2) is 35.5 Å². The molecule has 164 valence electrons. The Bertz CT molecular complexity index is 1090. The Morgan fingerprint density at radius 3 is 2.68 bits per heavy atom. The number of hydroxylamine groups is 1. The van der Waals surface area contributed by atoms with Crippen LogP contribution in [0, 0.1) is 6.92 Å². The van der Waals surface area contributed by atoms with Gasteiger partial charge < -0.3 is 24.3 Å². The SMILES string of the molecule is CON=C(C(=O)O)c1cc2cc(C)c1ON2C(C)c1ccc2c(c1)OC(F)C(F)(F)O2. The maximum atomic E-state index is 13.5. The zero-order chi connectivity index (χ0) is 22.5. The standard InChI is InChI=1S/C20H17F3N2O6/c1-9-6-12-8-13(16(18(26)27)24-28-3)17(9)31-25(12)10(2)11-4-5-14-15(7-11)29-19(21)20(22,23)30-14/h4-8,10,19H,1-3H3,(H,26,27). The van der Waals surface area contributed by atoms with Crippen molar-refractivity contribution in [1.29, 1.82) is 0 Å². The summed E-state index contributed by atoms with van der Waals surface area (Å²) in [5.74, 6) is -1.45. The van der Waals surface area contributed by atoms with E-state index in [4.69, 9.17) is 4.84 Å². The van der Waals surface area contributed by atoms with E-state index >= 15 is 0 Å². The van der Waals surface area contributed by atoms with Crippen LogP contribution in [0.1, 0.15) is 29.7 Å². The lowest BCUT2D eigenvalue weighted by molar-refractivity contribution is -0.281. The normalized spacial score (nSPS) is 19.6. The molecule has 1 N–H and O–H groups in total. The Morgan fingerprint density at radius 1 is 1.29 bits per heavy atom. The first-order valence-corrected chi connectivity index (χ1v) is 9.10. The lowest BCUT2D eigenvalue weighted by Crippen LogP contribution is -2.43. The molecule has 3 aliphatic heterocycles. The molecule has 0 radical (unpaired) electrons. The first-order chi connectivity index (χ1) is 14.6. The molecule has 31 heavy (non-hydrogen) atoms. The van der Waals surface area contributed by atoms with E-state index in [1.165, 1.54) is 30.4 Å². The lowest BCUT2D eigenvalue weighted by atomic mass is 10.0. The number of anilines is 1. The van der Waals surface area contributed by atoms with Crippen LogP contribution in [0.3, 0.4) is 0 Å². The van der Waals surface area contributed by atoms with Crippen molar-refractivity contribution < 1.29 is 42.2 Å². The highest BCUT2D eigenvalue weighted by Gasteiger charge is 2.49. The summed E-state index contributed by atoms with van der Waals surface area (Å²) in [7, 11) is 1.24. The Labute approximate surface area is 174 Å². The second-order valence-corrected chi connectivity index (χ2v) is 6.96. The lowest BCUT2D eigenvalue weighted by Gasteiger charge is -2.37. The molecule has 3 aliphatic rings. The van der Waals surface area contributed by atoms with E-state index in [0.717, 1.165) is 0 Å². The molecule has 2 atom stereocenters. The quantitative estimate of drug-likeness (QED) is 0.558. The fourth-order valence-corrected chi connectivity index (χ4v) is 3.40. The van der Waals surface area contributed by atoms with Crippen molar-refractivity contribution in [3.63, 3.8) is 0 Å². The number of nitrogens with zero attached hydrogens (tertiary/aromatic N) is 2. The monoisotopic (exact) mass is 438 g/mol. The van der Waals surface area contributed by atoms with Crippen molar-refractivity contribution in [3.05, 3.63) is 47.0 Å². The number of ether oxygens (including phenoxy) is 2. The Balaban J connectivity index is 1.66. The van der Waals surface area contributed by atoms with Gasteiger partial charge in [0, 0.05) is 0 Å². The molecule has 2 aromatic carbocycles. The van der Waals surface area contributed by atoms with Crippen LogP contribution in [0.5, 0.6) is 17.2 Å². The highest BCUT2D eigenvalue weighted by Crippen LogP contribution is 2.44. The van der Waals surface area contributed by atoms with Gasteiger partial charge in [0.15, 0.2) is 23.0 Å². The van der Waals surface area contributed by atoms with Crippen LogP contribution in [-0.4, -0.2) is 36.4 Å². The summed E-state index contributed by atoms with van der Waals surface area (Å²) < 4.78 is 49.3. The first-order valence-electron chi connectivity index (χ1n) is 9.10. The van der Waals surface area contributed by atoms with Crippen molar-refractivity contribution >= 4 is 17.4 Å². The number of halogens is 3. The van der Waals surface area contributed by atoms with Gasteiger partial charge in [-0.1, -0.05) is 11.2 Å². The first kappa shape index (κ1) is 20.6. The van der Waals surface area contributed by atoms with Gasteiger partial charge in [-0.3, -0.25) is 0 Å². The minimum atomic E-state index is -4.07. The Kier molecular flexibility index (Phi) is 4.83. The predicted molar refractivity (Wildman–Crippen MR) is 101 cm³/mol. The fraction of sp³-hybridized carbons (Fsp3) is 0.300. The van der Waals surface area contributed by atoms with E-state index in [2.05, 4.69) is 19.5 Å². The minimum Gasteiger partial charge on any atom is -0.476 e. The van der Waals surface area contributed by atoms with Gasteiger partial charge in [-0.05, 0) is 49.2 Å².